The van der Waals surface area contributed by atoms with Gasteiger partial charge in [-0.25, -0.2) is 9.59 Å². The molecule has 12 heteroatoms. The molecule has 0 bridgehead atoms. The lowest BCUT2D eigenvalue weighted by Gasteiger charge is -2.08. The van der Waals surface area contributed by atoms with E-state index in [1.54, 1.807) is 72.8 Å². The molecular weight excluding hydrogens is 798 g/mol. The average molecular weight is 845 g/mol. The maximum atomic E-state index is 12.1. The van der Waals surface area contributed by atoms with Crippen molar-refractivity contribution in [1.82, 2.24) is 0 Å². The van der Waals surface area contributed by atoms with Crippen LogP contribution in [0.3, 0.4) is 0 Å². The molecule has 4 aromatic rings. The number of carbonyl (C=O) groups excluding carboxylic acids is 3. The number of esters is 2. The normalized spacial score (nSPS) is 10.6. The van der Waals surface area contributed by atoms with Gasteiger partial charge in [0.15, 0.2) is 0 Å². The second kappa shape index (κ2) is 25.8. The monoisotopic (exact) mass is 844 g/mol. The van der Waals surface area contributed by atoms with Gasteiger partial charge in [-0.2, -0.15) is 0 Å². The maximum absolute atomic E-state index is 12.1. The predicted octanol–water partition coefficient (Wildman–Crippen LogP) is 9.49. The Labute approximate surface area is 320 Å². The Morgan fingerprint density at radius 2 is 0.981 bits per heavy atom. The molecule has 52 heavy (non-hydrogen) atoms. The predicted molar refractivity (Wildman–Crippen MR) is 210 cm³/mol. The molecule has 1 unspecified atom stereocenters. The van der Waals surface area contributed by atoms with Crippen LogP contribution in [-0.4, -0.2) is 49.9 Å². The minimum atomic E-state index is -0.482. The van der Waals surface area contributed by atoms with E-state index in [1.807, 2.05) is 19.1 Å². The zero-order chi connectivity index (χ0) is 37.2. The molecule has 4 rings (SSSR count). The first-order valence-corrected chi connectivity index (χ1v) is 21.2. The smallest absolute Gasteiger partial charge is 0.343 e. The van der Waals surface area contributed by atoms with Crippen LogP contribution < -0.4 is 23.7 Å². The number of carbonyl (C=O) groups is 3. The summed E-state index contributed by atoms with van der Waals surface area (Å²) in [5, 5.41) is 8.71. The van der Waals surface area contributed by atoms with Gasteiger partial charge in [0.25, 0.3) is 6.47 Å². The number of aliphatic hydroxyl groups excluding tert-OH is 1. The molecule has 1 N–H and O–H groups in total. The molecule has 10 nitrogen and oxygen atoms in total. The summed E-state index contributed by atoms with van der Waals surface area (Å²) in [5.41, 5.74) is 2.04. The Morgan fingerprint density at radius 1 is 0.577 bits per heavy atom. The number of hydrogen-bond acceptors (Lipinski definition) is 10. The summed E-state index contributed by atoms with van der Waals surface area (Å²) in [6.07, 6.45) is 8.17. The van der Waals surface area contributed by atoms with Gasteiger partial charge in [0.05, 0.1) is 37.4 Å². The molecule has 0 spiro atoms. The number of aryl methyl sites for hydroxylation is 1. The van der Waals surface area contributed by atoms with Crippen molar-refractivity contribution in [2.24, 2.45) is 0 Å². The van der Waals surface area contributed by atoms with E-state index >= 15 is 0 Å². The largest absolute Gasteiger partial charge is 0.494 e. The van der Waals surface area contributed by atoms with Crippen molar-refractivity contribution in [2.75, 3.05) is 26.4 Å². The highest BCUT2D eigenvalue weighted by Gasteiger charge is 2.10. The van der Waals surface area contributed by atoms with Crippen molar-refractivity contribution in [3.8, 4) is 28.7 Å². The number of halogens is 1. The standard InChI is InChI=1S/C20H24IO4P.C20H22O6/c1-16-6-10-19(11-7-16)25-20(22)17-8-12-18(13-9-17)23-14-4-2-3-5-15-24-26-21;21-13-3-1-2-4-14-24-17-7-5-16(6-8-17)20(23)26-19-11-9-18(10-12-19)25-15-22/h6-13,26H,2-5,14-15H2,1H3;5-12,15,21H,1-4,13-14H2. The highest BCUT2D eigenvalue weighted by molar-refractivity contribution is 14.2. The van der Waals surface area contributed by atoms with E-state index in [9.17, 15) is 14.4 Å². The summed E-state index contributed by atoms with van der Waals surface area (Å²) in [4.78, 5) is 34.5. The van der Waals surface area contributed by atoms with Crippen LogP contribution in [0.15, 0.2) is 97.1 Å². The van der Waals surface area contributed by atoms with E-state index in [1.165, 1.54) is 12.1 Å². The molecule has 278 valence electrons. The molecule has 0 heterocycles. The van der Waals surface area contributed by atoms with Crippen LogP contribution in [0.1, 0.15) is 77.6 Å². The van der Waals surface area contributed by atoms with Gasteiger partial charge in [-0.15, -0.1) is 0 Å². The van der Waals surface area contributed by atoms with E-state index in [-0.39, 0.29) is 12.6 Å². The van der Waals surface area contributed by atoms with Gasteiger partial charge in [-0.1, -0.05) is 30.5 Å². The first kappa shape index (κ1) is 42.4. The molecule has 0 aliphatic heterocycles. The lowest BCUT2D eigenvalue weighted by atomic mass is 10.2. The van der Waals surface area contributed by atoms with Crippen molar-refractivity contribution >= 4 is 46.9 Å². The van der Waals surface area contributed by atoms with E-state index in [4.69, 9.17) is 28.6 Å². The Kier molecular flexibility index (Phi) is 21.1. The number of benzene rings is 4. The SMILES string of the molecule is Cc1ccc(OC(=O)c2ccc(OCCCCCCOPI)cc2)cc1.O=COc1ccc(OC(=O)c2ccc(OCCCCCCO)cc2)cc1. The van der Waals surface area contributed by atoms with Crippen LogP contribution in [0, 0.1) is 6.92 Å². The van der Waals surface area contributed by atoms with Gasteiger partial charge in [-0.3, -0.25) is 4.79 Å². The van der Waals surface area contributed by atoms with Gasteiger partial charge in [0, 0.05) is 6.61 Å². The van der Waals surface area contributed by atoms with E-state index < -0.39 is 5.97 Å². The minimum Gasteiger partial charge on any atom is -0.494 e. The number of unbranched alkanes of at least 4 members (excludes halogenated alkanes) is 6. The highest BCUT2D eigenvalue weighted by atomic mass is 127. The van der Waals surface area contributed by atoms with Crippen molar-refractivity contribution in [3.63, 3.8) is 0 Å². The molecule has 0 aliphatic rings. The van der Waals surface area contributed by atoms with E-state index in [0.29, 0.717) is 60.3 Å². The Morgan fingerprint density at radius 3 is 1.42 bits per heavy atom. The lowest BCUT2D eigenvalue weighted by Crippen LogP contribution is -2.08. The third kappa shape index (κ3) is 17.5. The zero-order valence-electron chi connectivity index (χ0n) is 29.3. The van der Waals surface area contributed by atoms with Crippen molar-refractivity contribution in [2.45, 2.75) is 58.3 Å². The fraction of sp³-hybridized carbons (Fsp3) is 0.325. The van der Waals surface area contributed by atoms with Gasteiger partial charge >= 0.3 is 11.9 Å². The van der Waals surface area contributed by atoms with Crippen LogP contribution >= 0.6 is 28.5 Å². The topological polar surface area (TPSA) is 127 Å². The highest BCUT2D eigenvalue weighted by Crippen LogP contribution is 2.22. The van der Waals surface area contributed by atoms with E-state index in [0.717, 1.165) is 69.3 Å². The van der Waals surface area contributed by atoms with Gasteiger partial charge in [0.2, 0.25) is 0 Å². The second-order valence-corrected chi connectivity index (χ2v) is 13.3. The number of aliphatic hydroxyl groups is 1. The van der Waals surface area contributed by atoms with Gasteiger partial charge < -0.3 is 33.3 Å². The molecule has 4 aromatic carbocycles. The molecule has 0 saturated carbocycles. The van der Waals surface area contributed by atoms with Crippen LogP contribution in [-0.2, 0) is 9.32 Å². The molecule has 0 aromatic heterocycles. The summed E-state index contributed by atoms with van der Waals surface area (Å²) >= 11 is 2.24. The maximum Gasteiger partial charge on any atom is 0.343 e. The van der Waals surface area contributed by atoms with Gasteiger partial charge in [0.1, 0.15) is 28.7 Å². The van der Waals surface area contributed by atoms with E-state index in [2.05, 4.69) is 26.8 Å². The first-order chi connectivity index (χ1) is 25.4. The second-order valence-electron chi connectivity index (χ2n) is 11.5. The Hall–Kier alpha value is -4.03. The summed E-state index contributed by atoms with van der Waals surface area (Å²) in [7, 11) is 0. The summed E-state index contributed by atoms with van der Waals surface area (Å²) in [6.45, 7) is 5.24. The zero-order valence-corrected chi connectivity index (χ0v) is 32.5. The average Bonchev–Trinajstić information content (AvgIpc) is 3.16. The molecule has 1 atom stereocenters. The lowest BCUT2D eigenvalue weighted by molar-refractivity contribution is -0.120. The fourth-order valence-electron chi connectivity index (χ4n) is 4.57. The molecule has 0 aliphatic carbocycles. The van der Waals surface area contributed by atoms with Crippen molar-refractivity contribution in [3.05, 3.63) is 114 Å². The third-order valence-electron chi connectivity index (χ3n) is 7.42. The van der Waals surface area contributed by atoms with Crippen molar-refractivity contribution < 1.29 is 47.7 Å². The third-order valence-corrected chi connectivity index (χ3v) is 8.66. The summed E-state index contributed by atoms with van der Waals surface area (Å²) < 4.78 is 32.0. The quantitative estimate of drug-likeness (QED) is 0.0204. The molecule has 0 amide bonds. The molecule has 0 fully saturated rings. The Bertz CT molecular complexity index is 1580. The van der Waals surface area contributed by atoms with Gasteiger partial charge in [-0.05, 0) is 152 Å². The van der Waals surface area contributed by atoms with Crippen LogP contribution in [0.4, 0.5) is 0 Å². The molecular formula is C40H46IO10P. The fourth-order valence-corrected chi connectivity index (χ4v) is 5.45. The molecule has 0 radical (unpaired) electrons. The number of rotatable bonds is 22. The summed E-state index contributed by atoms with van der Waals surface area (Å²) in [5.74, 6) is 1.89. The number of ether oxygens (including phenoxy) is 5. The molecule has 0 saturated heterocycles. The first-order valence-electron chi connectivity index (χ1n) is 17.2. The minimum absolute atomic E-state index is 0.231. The Balaban J connectivity index is 0.000000280. The van der Waals surface area contributed by atoms with Crippen LogP contribution in [0.2, 0.25) is 0 Å². The van der Waals surface area contributed by atoms with Crippen molar-refractivity contribution in [1.29, 1.82) is 0 Å². The van der Waals surface area contributed by atoms with Crippen LogP contribution in [0.25, 0.3) is 0 Å². The number of hydrogen-bond donors (Lipinski definition) is 1. The summed E-state index contributed by atoms with van der Waals surface area (Å²) in [6, 6.07) is 27.4. The van der Waals surface area contributed by atoms with Crippen LogP contribution in [0.5, 0.6) is 28.7 Å².